The van der Waals surface area contributed by atoms with Gasteiger partial charge in [-0.15, -0.1) is 0 Å². The first-order valence-electron chi connectivity index (χ1n) is 6.99. The third kappa shape index (κ3) is 2.48. The minimum atomic E-state index is -0.432. The topological polar surface area (TPSA) is 103 Å². The Morgan fingerprint density at radius 3 is 3.04 bits per heavy atom. The highest BCUT2D eigenvalue weighted by molar-refractivity contribution is 7.15. The standard InChI is InChI=1S/C14H11N7O2S/c22-21(23)13-12(18-14-20(13)5-6-24-14)17-8-10-1-2-16-11(7-10)19-4-3-15-9-19/h1-7,9,17H,8H2. The van der Waals surface area contributed by atoms with E-state index >= 15 is 0 Å². The van der Waals surface area contributed by atoms with E-state index in [0.717, 1.165) is 11.4 Å². The lowest BCUT2D eigenvalue weighted by atomic mass is 10.2. The van der Waals surface area contributed by atoms with Crippen LogP contribution in [0, 0.1) is 10.1 Å². The second-order valence-electron chi connectivity index (χ2n) is 4.94. The Bertz CT molecular complexity index is 1010. The van der Waals surface area contributed by atoms with Gasteiger partial charge in [-0.1, -0.05) is 11.3 Å². The van der Waals surface area contributed by atoms with Crippen molar-refractivity contribution >= 4 is 27.9 Å². The molecule has 0 aliphatic rings. The molecule has 4 aromatic heterocycles. The zero-order valence-electron chi connectivity index (χ0n) is 12.2. The van der Waals surface area contributed by atoms with Gasteiger partial charge in [0.15, 0.2) is 0 Å². The lowest BCUT2D eigenvalue weighted by molar-refractivity contribution is -0.389. The molecule has 1 N–H and O–H groups in total. The fraction of sp³-hybridized carbons (Fsp3) is 0.0714. The van der Waals surface area contributed by atoms with Gasteiger partial charge in [-0.3, -0.25) is 4.57 Å². The van der Waals surface area contributed by atoms with Crippen molar-refractivity contribution in [1.29, 1.82) is 0 Å². The molecule has 0 aromatic carbocycles. The predicted molar refractivity (Wildman–Crippen MR) is 88.4 cm³/mol. The molecular formula is C14H11N7O2S. The number of nitrogens with one attached hydrogen (secondary N) is 1. The Morgan fingerprint density at radius 1 is 1.33 bits per heavy atom. The van der Waals surface area contributed by atoms with Gasteiger partial charge >= 0.3 is 5.82 Å². The van der Waals surface area contributed by atoms with E-state index in [1.54, 1.807) is 41.1 Å². The van der Waals surface area contributed by atoms with Gasteiger partial charge in [-0.25, -0.2) is 9.97 Å². The van der Waals surface area contributed by atoms with E-state index in [0.29, 0.717) is 11.5 Å². The number of anilines is 1. The number of thiazole rings is 1. The van der Waals surface area contributed by atoms with Crippen LogP contribution in [-0.4, -0.2) is 28.8 Å². The number of nitro groups is 1. The Kier molecular flexibility index (Phi) is 3.43. The van der Waals surface area contributed by atoms with Crippen LogP contribution >= 0.6 is 11.3 Å². The number of fused-ring (bicyclic) bond motifs is 1. The Balaban J connectivity index is 1.59. The summed E-state index contributed by atoms with van der Waals surface area (Å²) in [5, 5.41) is 16.1. The van der Waals surface area contributed by atoms with Gasteiger partial charge in [-0.2, -0.15) is 9.38 Å². The maximum absolute atomic E-state index is 11.3. The van der Waals surface area contributed by atoms with Gasteiger partial charge in [0.25, 0.3) is 4.96 Å². The van der Waals surface area contributed by atoms with Crippen LogP contribution < -0.4 is 5.32 Å². The van der Waals surface area contributed by atoms with E-state index in [9.17, 15) is 10.1 Å². The molecular weight excluding hydrogens is 330 g/mol. The van der Waals surface area contributed by atoms with Crippen molar-refractivity contribution < 1.29 is 4.92 Å². The van der Waals surface area contributed by atoms with Crippen LogP contribution in [0.3, 0.4) is 0 Å². The van der Waals surface area contributed by atoms with Crippen molar-refractivity contribution in [2.75, 3.05) is 5.32 Å². The number of hydrogen-bond donors (Lipinski definition) is 1. The number of pyridine rings is 1. The molecule has 120 valence electrons. The summed E-state index contributed by atoms with van der Waals surface area (Å²) < 4.78 is 3.26. The third-order valence-corrected chi connectivity index (χ3v) is 4.21. The summed E-state index contributed by atoms with van der Waals surface area (Å²) in [4.78, 5) is 24.0. The summed E-state index contributed by atoms with van der Waals surface area (Å²) in [5.41, 5.74) is 0.930. The molecule has 10 heteroatoms. The van der Waals surface area contributed by atoms with Crippen LogP contribution in [0.2, 0.25) is 0 Å². The second kappa shape index (κ2) is 5.74. The zero-order valence-corrected chi connectivity index (χ0v) is 13.1. The van der Waals surface area contributed by atoms with Gasteiger partial charge in [0, 0.05) is 30.5 Å². The lowest BCUT2D eigenvalue weighted by Crippen LogP contribution is -2.04. The van der Waals surface area contributed by atoms with Crippen LogP contribution in [0.4, 0.5) is 11.6 Å². The van der Waals surface area contributed by atoms with Crippen LogP contribution in [0.5, 0.6) is 0 Å². The van der Waals surface area contributed by atoms with E-state index < -0.39 is 4.92 Å². The van der Waals surface area contributed by atoms with E-state index in [-0.39, 0.29) is 11.6 Å². The molecule has 9 nitrogen and oxygen atoms in total. The van der Waals surface area contributed by atoms with Gasteiger partial charge in [0.2, 0.25) is 5.82 Å². The largest absolute Gasteiger partial charge is 0.372 e. The fourth-order valence-electron chi connectivity index (χ4n) is 2.36. The smallest absolute Gasteiger partial charge is 0.359 e. The highest BCUT2D eigenvalue weighted by Gasteiger charge is 2.23. The minimum Gasteiger partial charge on any atom is -0.359 e. The average molecular weight is 341 g/mol. The Morgan fingerprint density at radius 2 is 2.25 bits per heavy atom. The van der Waals surface area contributed by atoms with Crippen LogP contribution in [0.1, 0.15) is 5.56 Å². The molecule has 0 atom stereocenters. The summed E-state index contributed by atoms with van der Waals surface area (Å²) in [5.74, 6) is 0.926. The van der Waals surface area contributed by atoms with Gasteiger partial charge in [-0.05, 0) is 22.6 Å². The first kappa shape index (κ1) is 14.3. The summed E-state index contributed by atoms with van der Waals surface area (Å²) in [6, 6.07) is 3.73. The highest BCUT2D eigenvalue weighted by atomic mass is 32.1. The first-order valence-corrected chi connectivity index (χ1v) is 7.87. The number of aromatic nitrogens is 5. The molecule has 0 amide bonds. The van der Waals surface area contributed by atoms with E-state index in [1.807, 2.05) is 12.1 Å². The SMILES string of the molecule is O=[N+]([O-])c1c(NCc2ccnc(-n3ccnc3)c2)nc2sccn12. The Labute approximate surface area is 139 Å². The molecule has 0 aliphatic heterocycles. The molecule has 4 rings (SSSR count). The zero-order chi connectivity index (χ0) is 16.5. The summed E-state index contributed by atoms with van der Waals surface area (Å²) in [6.07, 6.45) is 8.46. The fourth-order valence-corrected chi connectivity index (χ4v) is 3.07. The van der Waals surface area contributed by atoms with Crippen molar-refractivity contribution in [3.05, 3.63) is 64.3 Å². The lowest BCUT2D eigenvalue weighted by Gasteiger charge is -2.06. The van der Waals surface area contributed by atoms with Crippen molar-refractivity contribution in [2.24, 2.45) is 0 Å². The monoisotopic (exact) mass is 341 g/mol. The molecule has 24 heavy (non-hydrogen) atoms. The van der Waals surface area contributed by atoms with E-state index in [1.165, 1.54) is 15.7 Å². The molecule has 0 bridgehead atoms. The quantitative estimate of drug-likeness (QED) is 0.442. The third-order valence-electron chi connectivity index (χ3n) is 3.45. The average Bonchev–Trinajstić information content (AvgIpc) is 3.29. The van der Waals surface area contributed by atoms with Crippen LogP contribution in [0.15, 0.2) is 48.6 Å². The molecule has 0 radical (unpaired) electrons. The second-order valence-corrected chi connectivity index (χ2v) is 5.82. The maximum atomic E-state index is 11.3. The molecule has 0 aliphatic carbocycles. The van der Waals surface area contributed by atoms with Gasteiger partial charge in [0.05, 0.1) is 0 Å². The minimum absolute atomic E-state index is 0.0601. The molecule has 4 heterocycles. The number of hydrogen-bond acceptors (Lipinski definition) is 7. The first-order chi connectivity index (χ1) is 11.7. The van der Waals surface area contributed by atoms with Crippen molar-refractivity contribution in [3.63, 3.8) is 0 Å². The van der Waals surface area contributed by atoms with Crippen molar-refractivity contribution in [3.8, 4) is 5.82 Å². The number of nitrogens with zero attached hydrogens (tertiary/aromatic N) is 6. The summed E-state index contributed by atoms with van der Waals surface area (Å²) in [7, 11) is 0. The molecule has 0 saturated heterocycles. The Hall–Kier alpha value is -3.27. The van der Waals surface area contributed by atoms with E-state index in [2.05, 4.69) is 20.3 Å². The number of rotatable bonds is 5. The predicted octanol–water partition coefficient (Wildman–Crippen LogP) is 2.50. The molecule has 0 unspecified atom stereocenters. The summed E-state index contributed by atoms with van der Waals surface area (Å²) in [6.45, 7) is 0.399. The maximum Gasteiger partial charge on any atom is 0.372 e. The van der Waals surface area contributed by atoms with Crippen molar-refractivity contribution in [1.82, 2.24) is 23.9 Å². The molecule has 0 saturated carbocycles. The highest BCUT2D eigenvalue weighted by Crippen LogP contribution is 2.28. The normalized spacial score (nSPS) is 11.0. The number of imidazole rings is 2. The van der Waals surface area contributed by atoms with Crippen LogP contribution in [0.25, 0.3) is 10.8 Å². The molecule has 0 spiro atoms. The molecule has 4 aromatic rings. The van der Waals surface area contributed by atoms with Gasteiger partial charge in [0.1, 0.15) is 18.3 Å². The van der Waals surface area contributed by atoms with Crippen molar-refractivity contribution in [2.45, 2.75) is 6.54 Å². The van der Waals surface area contributed by atoms with Crippen LogP contribution in [-0.2, 0) is 6.54 Å². The van der Waals surface area contributed by atoms with Gasteiger partial charge < -0.3 is 15.4 Å². The van der Waals surface area contributed by atoms with E-state index in [4.69, 9.17) is 0 Å². The molecule has 0 fully saturated rings. The summed E-state index contributed by atoms with van der Waals surface area (Å²) >= 11 is 1.35.